The van der Waals surface area contributed by atoms with Crippen LogP contribution >= 0.6 is 34.7 Å². The van der Waals surface area contributed by atoms with Crippen LogP contribution in [0.2, 0.25) is 5.02 Å². The summed E-state index contributed by atoms with van der Waals surface area (Å²) in [7, 11) is 0. The molecule has 0 aliphatic rings. The number of thiazole rings is 1. The second-order valence-electron chi connectivity index (χ2n) is 4.41. The van der Waals surface area contributed by atoms with E-state index < -0.39 is 5.25 Å². The molecule has 1 amide bonds. The number of benzene rings is 1. The summed E-state index contributed by atoms with van der Waals surface area (Å²) in [5, 5.41) is 17.3. The van der Waals surface area contributed by atoms with Gasteiger partial charge in [0, 0.05) is 11.6 Å². The minimum absolute atomic E-state index is 0.168. The fourth-order valence-corrected chi connectivity index (χ4v) is 3.28. The van der Waals surface area contributed by atoms with Crippen molar-refractivity contribution in [1.29, 1.82) is 0 Å². The Labute approximate surface area is 145 Å². The number of anilines is 1. The zero-order chi connectivity index (χ0) is 16.2. The van der Waals surface area contributed by atoms with E-state index in [-0.39, 0.29) is 5.91 Å². The van der Waals surface area contributed by atoms with Crippen LogP contribution in [-0.4, -0.2) is 36.3 Å². The molecule has 23 heavy (non-hydrogen) atoms. The molecule has 0 aliphatic heterocycles. The van der Waals surface area contributed by atoms with Crippen LogP contribution in [0.3, 0.4) is 0 Å². The average Bonchev–Trinajstić information content (AvgIpc) is 3.19. The molecule has 0 radical (unpaired) electrons. The van der Waals surface area contributed by atoms with Gasteiger partial charge in [0.15, 0.2) is 5.13 Å². The quantitative estimate of drug-likeness (QED) is 0.699. The van der Waals surface area contributed by atoms with Gasteiger partial charge in [-0.3, -0.25) is 4.79 Å². The van der Waals surface area contributed by atoms with E-state index in [1.165, 1.54) is 27.8 Å². The molecule has 0 bridgehead atoms. The first-order valence-electron chi connectivity index (χ1n) is 6.55. The molecule has 0 fully saturated rings. The summed E-state index contributed by atoms with van der Waals surface area (Å²) in [6.07, 6.45) is 1.63. The molecule has 2 aromatic heterocycles. The third kappa shape index (κ3) is 3.69. The van der Waals surface area contributed by atoms with Crippen LogP contribution in [0.15, 0.2) is 41.0 Å². The number of amides is 1. The molecule has 2 heterocycles. The van der Waals surface area contributed by atoms with Crippen LogP contribution in [0.4, 0.5) is 5.13 Å². The highest BCUT2D eigenvalue weighted by atomic mass is 35.5. The Morgan fingerprint density at radius 3 is 3.00 bits per heavy atom. The van der Waals surface area contributed by atoms with Crippen LogP contribution in [-0.2, 0) is 4.79 Å². The molecule has 0 spiro atoms. The maximum atomic E-state index is 12.2. The van der Waals surface area contributed by atoms with E-state index >= 15 is 0 Å². The number of carbonyl (C=O) groups is 1. The topological polar surface area (TPSA) is 85.6 Å². The van der Waals surface area contributed by atoms with Crippen molar-refractivity contribution in [1.82, 2.24) is 25.2 Å². The second-order valence-corrected chi connectivity index (χ2v) is 7.02. The van der Waals surface area contributed by atoms with Gasteiger partial charge in [0.2, 0.25) is 11.1 Å². The van der Waals surface area contributed by atoms with Gasteiger partial charge in [0.1, 0.15) is 0 Å². The van der Waals surface area contributed by atoms with Gasteiger partial charge in [0.25, 0.3) is 0 Å². The van der Waals surface area contributed by atoms with Crippen molar-refractivity contribution < 1.29 is 4.79 Å². The maximum absolute atomic E-state index is 12.2. The lowest BCUT2D eigenvalue weighted by molar-refractivity contribution is -0.115. The van der Waals surface area contributed by atoms with Gasteiger partial charge in [-0.2, -0.15) is 4.68 Å². The Morgan fingerprint density at radius 1 is 1.43 bits per heavy atom. The molecule has 1 N–H and O–H groups in total. The molecule has 3 rings (SSSR count). The van der Waals surface area contributed by atoms with Crippen molar-refractivity contribution in [3.05, 3.63) is 40.9 Å². The maximum Gasteiger partial charge on any atom is 0.239 e. The largest absolute Gasteiger partial charge is 0.301 e. The monoisotopic (exact) mass is 366 g/mol. The Morgan fingerprint density at radius 2 is 2.26 bits per heavy atom. The lowest BCUT2D eigenvalue weighted by atomic mass is 10.3. The molecule has 3 aromatic rings. The molecule has 7 nitrogen and oxygen atoms in total. The summed E-state index contributed by atoms with van der Waals surface area (Å²) in [4.78, 5) is 16.2. The normalized spacial score (nSPS) is 12.1. The molecular formula is C13H11ClN6OS2. The number of rotatable bonds is 5. The minimum atomic E-state index is -0.397. The molecule has 1 unspecified atom stereocenters. The van der Waals surface area contributed by atoms with E-state index in [1.807, 2.05) is 18.2 Å². The van der Waals surface area contributed by atoms with Crippen molar-refractivity contribution in [2.45, 2.75) is 17.3 Å². The van der Waals surface area contributed by atoms with E-state index in [0.717, 1.165) is 0 Å². The van der Waals surface area contributed by atoms with Crippen LogP contribution in [0.1, 0.15) is 6.92 Å². The highest BCUT2D eigenvalue weighted by Gasteiger charge is 2.20. The molecular weight excluding hydrogens is 356 g/mol. The number of para-hydroxylation sites is 1. The number of nitrogens with zero attached hydrogens (tertiary/aromatic N) is 5. The molecule has 0 saturated heterocycles. The molecule has 1 aromatic carbocycles. The summed E-state index contributed by atoms with van der Waals surface area (Å²) < 4.78 is 1.51. The standard InChI is InChI=1S/C13H11ClN6OS2/c1-8(11(21)16-12-15-6-7-22-12)23-13-17-18-19-20(13)10-5-3-2-4-9(10)14/h2-8H,1H3,(H,15,16,21). The minimum Gasteiger partial charge on any atom is -0.301 e. The van der Waals surface area contributed by atoms with Gasteiger partial charge in [-0.05, 0) is 29.5 Å². The van der Waals surface area contributed by atoms with Crippen molar-refractivity contribution in [2.24, 2.45) is 0 Å². The molecule has 1 atom stereocenters. The summed E-state index contributed by atoms with van der Waals surface area (Å²) in [5.41, 5.74) is 0.661. The van der Waals surface area contributed by atoms with Crippen molar-refractivity contribution in [3.63, 3.8) is 0 Å². The zero-order valence-electron chi connectivity index (χ0n) is 11.9. The summed E-state index contributed by atoms with van der Waals surface area (Å²) in [5.74, 6) is -0.168. The van der Waals surface area contributed by atoms with Crippen molar-refractivity contribution >= 4 is 45.7 Å². The fraction of sp³-hybridized carbons (Fsp3) is 0.154. The Balaban J connectivity index is 1.75. The first-order chi connectivity index (χ1) is 11.1. The SMILES string of the molecule is CC(Sc1nnnn1-c1ccccc1Cl)C(=O)Nc1nccs1. The Hall–Kier alpha value is -1.97. The number of nitrogens with one attached hydrogen (secondary N) is 1. The number of tetrazole rings is 1. The third-order valence-electron chi connectivity index (χ3n) is 2.84. The van der Waals surface area contributed by atoms with Crippen molar-refractivity contribution in [2.75, 3.05) is 5.32 Å². The fourth-order valence-electron chi connectivity index (χ4n) is 1.73. The molecule has 0 aliphatic carbocycles. The lowest BCUT2D eigenvalue weighted by Crippen LogP contribution is -2.22. The summed E-state index contributed by atoms with van der Waals surface area (Å²) in [6.45, 7) is 1.78. The van der Waals surface area contributed by atoms with E-state index in [0.29, 0.717) is 21.0 Å². The number of halogens is 1. The smallest absolute Gasteiger partial charge is 0.239 e. The number of thioether (sulfide) groups is 1. The van der Waals surface area contributed by atoms with Gasteiger partial charge in [-0.25, -0.2) is 4.98 Å². The van der Waals surface area contributed by atoms with Crippen LogP contribution in [0.25, 0.3) is 5.69 Å². The highest BCUT2D eigenvalue weighted by Crippen LogP contribution is 2.27. The third-order valence-corrected chi connectivity index (χ3v) is 4.88. The van der Waals surface area contributed by atoms with E-state index in [4.69, 9.17) is 11.6 Å². The van der Waals surface area contributed by atoms with Gasteiger partial charge in [-0.15, -0.1) is 16.4 Å². The lowest BCUT2D eigenvalue weighted by Gasteiger charge is -2.10. The van der Waals surface area contributed by atoms with Crippen molar-refractivity contribution in [3.8, 4) is 5.69 Å². The molecule has 118 valence electrons. The number of aromatic nitrogens is 5. The number of hydrogen-bond acceptors (Lipinski definition) is 7. The summed E-state index contributed by atoms with van der Waals surface area (Å²) >= 11 is 8.78. The zero-order valence-corrected chi connectivity index (χ0v) is 14.3. The first kappa shape index (κ1) is 15.9. The first-order valence-corrected chi connectivity index (χ1v) is 8.69. The van der Waals surface area contributed by atoms with Crippen LogP contribution < -0.4 is 5.32 Å². The van der Waals surface area contributed by atoms with Gasteiger partial charge >= 0.3 is 0 Å². The van der Waals surface area contributed by atoms with Gasteiger partial charge in [-0.1, -0.05) is 35.5 Å². The predicted octanol–water partition coefficient (Wildman–Crippen LogP) is 2.89. The Kier molecular flexibility index (Phi) is 4.89. The van der Waals surface area contributed by atoms with Gasteiger partial charge < -0.3 is 5.32 Å². The Bertz CT molecular complexity index is 806. The number of carbonyl (C=O) groups excluding carboxylic acids is 1. The molecule has 0 saturated carbocycles. The predicted molar refractivity (Wildman–Crippen MR) is 90.2 cm³/mol. The summed E-state index contributed by atoms with van der Waals surface area (Å²) in [6, 6.07) is 7.23. The van der Waals surface area contributed by atoms with Crippen LogP contribution in [0, 0.1) is 0 Å². The average molecular weight is 367 g/mol. The van der Waals surface area contributed by atoms with E-state index in [2.05, 4.69) is 25.8 Å². The van der Waals surface area contributed by atoms with Crippen LogP contribution in [0.5, 0.6) is 0 Å². The second kappa shape index (κ2) is 7.07. The highest BCUT2D eigenvalue weighted by molar-refractivity contribution is 8.00. The molecule has 10 heteroatoms. The van der Waals surface area contributed by atoms with E-state index in [1.54, 1.807) is 24.6 Å². The van der Waals surface area contributed by atoms with E-state index in [9.17, 15) is 4.79 Å². The van der Waals surface area contributed by atoms with Gasteiger partial charge in [0.05, 0.1) is 16.0 Å². The number of hydrogen-bond donors (Lipinski definition) is 1.